The molecule has 0 radical (unpaired) electrons. The minimum Gasteiger partial charge on any atom is -0.452 e. The molecule has 0 saturated heterocycles. The van der Waals surface area contributed by atoms with Gasteiger partial charge in [-0.25, -0.2) is 4.79 Å². The van der Waals surface area contributed by atoms with Crippen LogP contribution >= 0.6 is 0 Å². The molecular formula is C20H25N3O4. The van der Waals surface area contributed by atoms with Gasteiger partial charge in [-0.2, -0.15) is 5.26 Å². The number of likely N-dealkylation sites (N-methyl/N-ethyl adjacent to an activating group) is 1. The van der Waals surface area contributed by atoms with Gasteiger partial charge in [0.25, 0.3) is 5.91 Å². The van der Waals surface area contributed by atoms with Crippen molar-refractivity contribution in [1.82, 2.24) is 4.90 Å². The highest BCUT2D eigenvalue weighted by atomic mass is 16.5. The van der Waals surface area contributed by atoms with Gasteiger partial charge in [0, 0.05) is 18.8 Å². The van der Waals surface area contributed by atoms with Crippen LogP contribution in [0.25, 0.3) is 0 Å². The highest BCUT2D eigenvalue weighted by molar-refractivity contribution is 5.94. The highest BCUT2D eigenvalue weighted by Crippen LogP contribution is 2.26. The zero-order chi connectivity index (χ0) is 19.8. The lowest BCUT2D eigenvalue weighted by Crippen LogP contribution is -2.41. The van der Waals surface area contributed by atoms with E-state index < -0.39 is 11.9 Å². The van der Waals surface area contributed by atoms with Gasteiger partial charge in [-0.1, -0.05) is 6.92 Å². The van der Waals surface area contributed by atoms with Gasteiger partial charge in [-0.05, 0) is 55.9 Å². The molecule has 1 aromatic carbocycles. The van der Waals surface area contributed by atoms with E-state index in [1.54, 1.807) is 30.1 Å². The first kappa shape index (κ1) is 20.4. The largest absolute Gasteiger partial charge is 0.452 e. The Morgan fingerprint density at radius 1 is 1.19 bits per heavy atom. The van der Waals surface area contributed by atoms with Crippen LogP contribution in [-0.2, 0) is 14.3 Å². The summed E-state index contributed by atoms with van der Waals surface area (Å²) < 4.78 is 5.12. The standard InChI is InChI=1S/C20H25N3O4/c1-14-3-9-17(10-4-14)23(2)19(25)13-27-20(26)15-5-7-16(8-6-15)22-18(24)11-12-21/h5-8,14,17H,3-4,9-11,13H2,1-2H3,(H,22,24). The summed E-state index contributed by atoms with van der Waals surface area (Å²) in [6, 6.07) is 8.06. The lowest BCUT2D eigenvalue weighted by Gasteiger charge is -2.33. The second kappa shape index (κ2) is 9.72. The molecule has 1 aliphatic carbocycles. The minimum atomic E-state index is -0.594. The van der Waals surface area contributed by atoms with Crippen molar-refractivity contribution in [3.05, 3.63) is 29.8 Å². The summed E-state index contributed by atoms with van der Waals surface area (Å²) in [5, 5.41) is 11.0. The molecule has 7 nitrogen and oxygen atoms in total. The van der Waals surface area contributed by atoms with Gasteiger partial charge in [0.1, 0.15) is 6.42 Å². The molecule has 0 bridgehead atoms. The maximum atomic E-state index is 12.3. The number of carbonyl (C=O) groups excluding carboxylic acids is 3. The number of ether oxygens (including phenoxy) is 1. The van der Waals surface area contributed by atoms with Crippen molar-refractivity contribution in [3.8, 4) is 6.07 Å². The Morgan fingerprint density at radius 3 is 2.41 bits per heavy atom. The molecule has 2 amide bonds. The Labute approximate surface area is 159 Å². The number of hydrogen-bond acceptors (Lipinski definition) is 5. The fourth-order valence-corrected chi connectivity index (χ4v) is 3.11. The maximum Gasteiger partial charge on any atom is 0.338 e. The fraction of sp³-hybridized carbons (Fsp3) is 0.500. The van der Waals surface area contributed by atoms with Gasteiger partial charge in [0.15, 0.2) is 6.61 Å². The summed E-state index contributed by atoms with van der Waals surface area (Å²) in [5.41, 5.74) is 0.768. The average Bonchev–Trinajstić information content (AvgIpc) is 2.66. The first-order valence-corrected chi connectivity index (χ1v) is 9.10. The Kier molecular flexibility index (Phi) is 7.35. The number of anilines is 1. The molecule has 1 aromatic rings. The predicted octanol–water partition coefficient (Wildman–Crippen LogP) is 2.73. The van der Waals surface area contributed by atoms with Gasteiger partial charge in [0.05, 0.1) is 11.6 Å². The molecule has 27 heavy (non-hydrogen) atoms. The van der Waals surface area contributed by atoms with Crippen LogP contribution in [0, 0.1) is 17.2 Å². The number of rotatable bonds is 6. The number of nitrogens with one attached hydrogen (secondary N) is 1. The monoisotopic (exact) mass is 371 g/mol. The number of nitriles is 1. The summed E-state index contributed by atoms with van der Waals surface area (Å²) in [6.07, 6.45) is 3.95. The van der Waals surface area contributed by atoms with E-state index in [-0.39, 0.29) is 30.5 Å². The normalized spacial score (nSPS) is 18.9. The molecule has 1 saturated carbocycles. The van der Waals surface area contributed by atoms with Crippen molar-refractivity contribution in [1.29, 1.82) is 5.26 Å². The molecule has 0 spiro atoms. The zero-order valence-electron chi connectivity index (χ0n) is 15.7. The quantitative estimate of drug-likeness (QED) is 0.775. The smallest absolute Gasteiger partial charge is 0.338 e. The molecule has 0 aliphatic heterocycles. The van der Waals surface area contributed by atoms with E-state index in [1.165, 1.54) is 12.1 Å². The Morgan fingerprint density at radius 2 is 1.81 bits per heavy atom. The first-order chi connectivity index (χ1) is 12.9. The van der Waals surface area contributed by atoms with Gasteiger partial charge in [0.2, 0.25) is 5.91 Å². The Hall–Kier alpha value is -2.88. The zero-order valence-corrected chi connectivity index (χ0v) is 15.7. The second-order valence-electron chi connectivity index (χ2n) is 6.95. The lowest BCUT2D eigenvalue weighted by atomic mass is 9.87. The van der Waals surface area contributed by atoms with Crippen LogP contribution in [-0.4, -0.2) is 42.4 Å². The third-order valence-electron chi connectivity index (χ3n) is 4.90. The second-order valence-corrected chi connectivity index (χ2v) is 6.95. The molecule has 1 N–H and O–H groups in total. The molecule has 1 aliphatic rings. The number of hydrogen-bond donors (Lipinski definition) is 1. The number of carbonyl (C=O) groups is 3. The fourth-order valence-electron chi connectivity index (χ4n) is 3.11. The van der Waals surface area contributed by atoms with Crippen LogP contribution in [0.1, 0.15) is 49.4 Å². The summed E-state index contributed by atoms with van der Waals surface area (Å²) in [6.45, 7) is 1.93. The average molecular weight is 371 g/mol. The molecule has 144 valence electrons. The van der Waals surface area contributed by atoms with E-state index in [1.807, 2.05) is 0 Å². The van der Waals surface area contributed by atoms with Gasteiger partial charge < -0.3 is 15.0 Å². The summed E-state index contributed by atoms with van der Waals surface area (Å²) in [5.74, 6) is -0.513. The van der Waals surface area contributed by atoms with Gasteiger partial charge in [-0.15, -0.1) is 0 Å². The summed E-state index contributed by atoms with van der Waals surface area (Å²) in [7, 11) is 1.76. The number of amides is 2. The van der Waals surface area contributed by atoms with Gasteiger partial charge in [-0.3, -0.25) is 9.59 Å². The predicted molar refractivity (Wildman–Crippen MR) is 99.8 cm³/mol. The van der Waals surface area contributed by atoms with Crippen LogP contribution in [0.4, 0.5) is 5.69 Å². The van der Waals surface area contributed by atoms with Crippen molar-refractivity contribution in [3.63, 3.8) is 0 Å². The maximum absolute atomic E-state index is 12.3. The van der Waals surface area contributed by atoms with Crippen molar-refractivity contribution in [2.75, 3.05) is 19.0 Å². The lowest BCUT2D eigenvalue weighted by molar-refractivity contribution is -0.136. The summed E-state index contributed by atoms with van der Waals surface area (Å²) >= 11 is 0. The Balaban J connectivity index is 1.81. The van der Waals surface area contributed by atoms with E-state index in [2.05, 4.69) is 12.2 Å². The van der Waals surface area contributed by atoms with Gasteiger partial charge >= 0.3 is 5.97 Å². The Bertz CT molecular complexity index is 716. The van der Waals surface area contributed by atoms with E-state index in [9.17, 15) is 14.4 Å². The third kappa shape index (κ3) is 6.10. The van der Waals surface area contributed by atoms with E-state index in [0.717, 1.165) is 25.7 Å². The molecular weight excluding hydrogens is 346 g/mol. The van der Waals surface area contributed by atoms with Crippen LogP contribution < -0.4 is 5.32 Å². The van der Waals surface area contributed by atoms with E-state index in [0.29, 0.717) is 11.6 Å². The molecule has 0 unspecified atom stereocenters. The van der Waals surface area contributed by atoms with Crippen molar-refractivity contribution < 1.29 is 19.1 Å². The van der Waals surface area contributed by atoms with Crippen molar-refractivity contribution in [2.24, 2.45) is 5.92 Å². The minimum absolute atomic E-state index is 0.205. The SMILES string of the molecule is CC1CCC(N(C)C(=O)COC(=O)c2ccc(NC(=O)CC#N)cc2)CC1. The number of esters is 1. The molecule has 0 heterocycles. The summed E-state index contributed by atoms with van der Waals surface area (Å²) in [4.78, 5) is 37.4. The van der Waals surface area contributed by atoms with Crippen LogP contribution in [0.3, 0.4) is 0 Å². The van der Waals surface area contributed by atoms with Crippen molar-refractivity contribution in [2.45, 2.75) is 45.1 Å². The van der Waals surface area contributed by atoms with Crippen LogP contribution in [0.2, 0.25) is 0 Å². The highest BCUT2D eigenvalue weighted by Gasteiger charge is 2.25. The third-order valence-corrected chi connectivity index (χ3v) is 4.90. The van der Waals surface area contributed by atoms with E-state index >= 15 is 0 Å². The molecule has 7 heteroatoms. The van der Waals surface area contributed by atoms with E-state index in [4.69, 9.17) is 10.00 Å². The topological polar surface area (TPSA) is 99.5 Å². The van der Waals surface area contributed by atoms with Crippen molar-refractivity contribution >= 4 is 23.5 Å². The molecule has 2 rings (SSSR count). The van der Waals surface area contributed by atoms with Crippen LogP contribution in [0.5, 0.6) is 0 Å². The molecule has 0 atom stereocenters. The first-order valence-electron chi connectivity index (χ1n) is 9.10. The van der Waals surface area contributed by atoms with Crippen LogP contribution in [0.15, 0.2) is 24.3 Å². The molecule has 1 fully saturated rings. The molecule has 0 aromatic heterocycles. The number of nitrogens with zero attached hydrogens (tertiary/aromatic N) is 2. The number of benzene rings is 1.